The molecule has 2 aromatic rings. The minimum Gasteiger partial charge on any atom is -0.496 e. The van der Waals surface area contributed by atoms with Crippen molar-refractivity contribution < 1.29 is 34.0 Å². The number of amides is 1. The van der Waals surface area contributed by atoms with E-state index in [1.807, 2.05) is 30.3 Å². The van der Waals surface area contributed by atoms with Gasteiger partial charge in [0.15, 0.2) is 6.29 Å². The van der Waals surface area contributed by atoms with Crippen molar-refractivity contribution in [3.63, 3.8) is 0 Å². The first-order chi connectivity index (χ1) is 14.0. The number of carbonyl (C=O) groups is 2. The maximum atomic E-state index is 11.7. The predicted octanol–water partition coefficient (Wildman–Crippen LogP) is 2.23. The number of aliphatic hydroxyl groups excluding tert-OH is 2. The molecule has 0 bridgehead atoms. The summed E-state index contributed by atoms with van der Waals surface area (Å²) in [5, 5.41) is 23.3. The van der Waals surface area contributed by atoms with Crippen molar-refractivity contribution in [3.05, 3.63) is 59.2 Å². The molecule has 2 unspecified atom stereocenters. The number of nitrogens with one attached hydrogen (secondary N) is 1. The molecule has 0 aliphatic rings. The second-order valence-electron chi connectivity index (χ2n) is 6.24. The fraction of sp³-hybridized carbons (Fsp3) is 0.333. The quantitative estimate of drug-likeness (QED) is 0.521. The summed E-state index contributed by atoms with van der Waals surface area (Å²) in [6.07, 6.45) is -2.43. The van der Waals surface area contributed by atoms with E-state index in [9.17, 15) is 19.8 Å². The van der Waals surface area contributed by atoms with Crippen LogP contribution in [-0.4, -0.2) is 49.5 Å². The topological polar surface area (TPSA) is 114 Å². The van der Waals surface area contributed by atoms with E-state index in [4.69, 9.17) is 14.2 Å². The lowest BCUT2D eigenvalue weighted by atomic mass is 9.99. The molecule has 29 heavy (non-hydrogen) atoms. The zero-order valence-corrected chi connectivity index (χ0v) is 16.3. The molecular weight excluding hydrogens is 378 g/mol. The van der Waals surface area contributed by atoms with Gasteiger partial charge < -0.3 is 29.7 Å². The Morgan fingerprint density at radius 1 is 1.10 bits per heavy atom. The normalized spacial score (nSPS) is 12.6. The molecule has 0 spiro atoms. The van der Waals surface area contributed by atoms with Gasteiger partial charge in [0.05, 0.1) is 25.9 Å². The molecule has 156 valence electrons. The van der Waals surface area contributed by atoms with E-state index in [1.165, 1.54) is 26.4 Å². The standard InChI is InChI=1S/C21H25NO7/c1-27-18-11-16(19(28-2)10-15(18)12-23)20(25)17(24)8-9-22-21(26)29-13-14-6-4-3-5-7-14/h3-7,10-12,17,20,24-25H,8-9,13H2,1-2H3,(H,22,26). The maximum absolute atomic E-state index is 11.7. The Bertz CT molecular complexity index is 810. The van der Waals surface area contributed by atoms with Gasteiger partial charge in [-0.1, -0.05) is 30.3 Å². The van der Waals surface area contributed by atoms with Crippen molar-refractivity contribution in [2.45, 2.75) is 25.2 Å². The van der Waals surface area contributed by atoms with Crippen LogP contribution in [0.4, 0.5) is 4.79 Å². The van der Waals surface area contributed by atoms with E-state index < -0.39 is 18.3 Å². The number of aldehydes is 1. The maximum Gasteiger partial charge on any atom is 0.407 e. The average Bonchev–Trinajstić information content (AvgIpc) is 2.76. The molecule has 0 saturated heterocycles. The molecule has 0 radical (unpaired) electrons. The van der Waals surface area contributed by atoms with Crippen molar-refractivity contribution in [1.29, 1.82) is 0 Å². The molecule has 0 aliphatic heterocycles. The van der Waals surface area contributed by atoms with Gasteiger partial charge >= 0.3 is 6.09 Å². The van der Waals surface area contributed by atoms with Crippen LogP contribution in [-0.2, 0) is 11.3 Å². The second kappa shape index (κ2) is 11.0. The highest BCUT2D eigenvalue weighted by Gasteiger charge is 2.24. The molecule has 0 aromatic heterocycles. The summed E-state index contributed by atoms with van der Waals surface area (Å²) in [4.78, 5) is 22.9. The lowest BCUT2D eigenvalue weighted by Gasteiger charge is -2.21. The number of alkyl carbamates (subject to hydrolysis) is 1. The van der Waals surface area contributed by atoms with Crippen molar-refractivity contribution >= 4 is 12.4 Å². The summed E-state index contributed by atoms with van der Waals surface area (Å²) in [5.41, 5.74) is 1.39. The number of rotatable bonds is 10. The molecule has 3 N–H and O–H groups in total. The van der Waals surface area contributed by atoms with Crippen LogP contribution in [0.1, 0.15) is 34.0 Å². The largest absolute Gasteiger partial charge is 0.496 e. The van der Waals surface area contributed by atoms with E-state index in [0.717, 1.165) is 5.56 Å². The lowest BCUT2D eigenvalue weighted by Crippen LogP contribution is -2.30. The Balaban J connectivity index is 1.89. The van der Waals surface area contributed by atoms with Gasteiger partial charge in [-0.25, -0.2) is 4.79 Å². The van der Waals surface area contributed by atoms with E-state index in [1.54, 1.807) is 0 Å². The van der Waals surface area contributed by atoms with Gasteiger partial charge in [0, 0.05) is 12.1 Å². The molecule has 2 rings (SSSR count). The molecule has 0 aliphatic carbocycles. The Morgan fingerprint density at radius 3 is 2.41 bits per heavy atom. The van der Waals surface area contributed by atoms with Crippen LogP contribution in [0.2, 0.25) is 0 Å². The third-order valence-corrected chi connectivity index (χ3v) is 4.31. The van der Waals surface area contributed by atoms with Crippen LogP contribution in [0.5, 0.6) is 11.5 Å². The van der Waals surface area contributed by atoms with E-state index in [0.29, 0.717) is 6.29 Å². The highest BCUT2D eigenvalue weighted by atomic mass is 16.5. The molecule has 2 atom stereocenters. The van der Waals surface area contributed by atoms with Crippen molar-refractivity contribution in [1.82, 2.24) is 5.32 Å². The molecule has 2 aromatic carbocycles. The average molecular weight is 403 g/mol. The van der Waals surface area contributed by atoms with Crippen molar-refractivity contribution in [2.24, 2.45) is 0 Å². The Hall–Kier alpha value is -3.10. The van der Waals surface area contributed by atoms with Gasteiger partial charge in [0.1, 0.15) is 24.2 Å². The van der Waals surface area contributed by atoms with Crippen LogP contribution in [0.25, 0.3) is 0 Å². The zero-order valence-electron chi connectivity index (χ0n) is 16.3. The first-order valence-corrected chi connectivity index (χ1v) is 9.02. The molecule has 0 heterocycles. The highest BCUT2D eigenvalue weighted by molar-refractivity contribution is 5.80. The summed E-state index contributed by atoms with van der Waals surface area (Å²) in [7, 11) is 2.79. The first-order valence-electron chi connectivity index (χ1n) is 9.02. The third kappa shape index (κ3) is 6.20. The van der Waals surface area contributed by atoms with Gasteiger partial charge in [-0.15, -0.1) is 0 Å². The highest BCUT2D eigenvalue weighted by Crippen LogP contribution is 2.34. The molecule has 0 saturated carbocycles. The molecule has 8 heteroatoms. The molecule has 8 nitrogen and oxygen atoms in total. The van der Waals surface area contributed by atoms with Gasteiger partial charge in [-0.3, -0.25) is 4.79 Å². The number of carbonyl (C=O) groups excluding carboxylic acids is 2. The predicted molar refractivity (Wildman–Crippen MR) is 105 cm³/mol. The van der Waals surface area contributed by atoms with E-state index >= 15 is 0 Å². The molecule has 1 amide bonds. The van der Waals surface area contributed by atoms with Gasteiger partial charge in [0.2, 0.25) is 0 Å². The van der Waals surface area contributed by atoms with Crippen molar-refractivity contribution in [3.8, 4) is 11.5 Å². The van der Waals surface area contributed by atoms with E-state index in [2.05, 4.69) is 5.32 Å². The SMILES string of the molecule is COc1cc(C(O)C(O)CCNC(=O)OCc2ccccc2)c(OC)cc1C=O. The fourth-order valence-corrected chi connectivity index (χ4v) is 2.73. The number of hydrogen-bond acceptors (Lipinski definition) is 7. The van der Waals surface area contributed by atoms with E-state index in [-0.39, 0.29) is 42.2 Å². The van der Waals surface area contributed by atoms with Crippen molar-refractivity contribution in [2.75, 3.05) is 20.8 Å². The summed E-state index contributed by atoms with van der Waals surface area (Å²) in [6.45, 7) is 0.232. The number of methoxy groups -OCH3 is 2. The first kappa shape index (κ1) is 22.2. The third-order valence-electron chi connectivity index (χ3n) is 4.31. The number of ether oxygens (including phenoxy) is 3. The van der Waals surface area contributed by atoms with Gasteiger partial charge in [-0.05, 0) is 24.1 Å². The summed E-state index contributed by atoms with van der Waals surface area (Å²) in [5.74, 6) is 0.499. The number of hydrogen-bond donors (Lipinski definition) is 3. The Labute approximate surface area is 169 Å². The van der Waals surface area contributed by atoms with Crippen LogP contribution < -0.4 is 14.8 Å². The Morgan fingerprint density at radius 2 is 1.79 bits per heavy atom. The number of aliphatic hydroxyl groups is 2. The van der Waals surface area contributed by atoms with Crippen LogP contribution >= 0.6 is 0 Å². The van der Waals surface area contributed by atoms with Gasteiger partial charge in [-0.2, -0.15) is 0 Å². The van der Waals surface area contributed by atoms with Crippen LogP contribution in [0.15, 0.2) is 42.5 Å². The fourth-order valence-electron chi connectivity index (χ4n) is 2.73. The van der Waals surface area contributed by atoms with Crippen LogP contribution in [0.3, 0.4) is 0 Å². The van der Waals surface area contributed by atoms with Crippen LogP contribution in [0, 0.1) is 0 Å². The number of benzene rings is 2. The second-order valence-corrected chi connectivity index (χ2v) is 6.24. The summed E-state index contributed by atoms with van der Waals surface area (Å²) >= 11 is 0. The minimum absolute atomic E-state index is 0.0719. The lowest BCUT2D eigenvalue weighted by molar-refractivity contribution is 0.0122. The Kier molecular flexibility index (Phi) is 8.45. The monoisotopic (exact) mass is 403 g/mol. The zero-order chi connectivity index (χ0) is 21.2. The minimum atomic E-state index is -1.30. The molecule has 0 fully saturated rings. The molecular formula is C21H25NO7. The summed E-state index contributed by atoms with van der Waals surface area (Å²) < 4.78 is 15.4. The van der Waals surface area contributed by atoms with Gasteiger partial charge in [0.25, 0.3) is 0 Å². The smallest absolute Gasteiger partial charge is 0.407 e. The summed E-state index contributed by atoms with van der Waals surface area (Å²) in [6, 6.07) is 12.1.